The minimum absolute atomic E-state index is 0.0210. The second-order valence-corrected chi connectivity index (χ2v) is 4.47. The van der Waals surface area contributed by atoms with Crippen molar-refractivity contribution in [2.75, 3.05) is 12.4 Å². The summed E-state index contributed by atoms with van der Waals surface area (Å²) in [6, 6.07) is 0.964. The first-order chi connectivity index (χ1) is 9.99. The molecule has 112 valence electrons. The molecule has 0 aliphatic rings. The summed E-state index contributed by atoms with van der Waals surface area (Å²) in [4.78, 5) is 11.9. The zero-order valence-corrected chi connectivity index (χ0v) is 11.7. The van der Waals surface area contributed by atoms with Gasteiger partial charge >= 0.3 is 6.18 Å². The van der Waals surface area contributed by atoms with Gasteiger partial charge in [-0.2, -0.15) is 13.2 Å². The van der Waals surface area contributed by atoms with Crippen molar-refractivity contribution in [1.29, 1.82) is 0 Å². The number of rotatable bonds is 4. The zero-order chi connectivity index (χ0) is 15.5. The van der Waals surface area contributed by atoms with Gasteiger partial charge < -0.3 is 5.32 Å². The first-order valence-corrected chi connectivity index (χ1v) is 6.52. The Balaban J connectivity index is 2.68. The van der Waals surface area contributed by atoms with Crippen molar-refractivity contribution >= 4 is 5.82 Å². The highest BCUT2D eigenvalue weighted by atomic mass is 19.4. The van der Waals surface area contributed by atoms with Crippen molar-refractivity contribution in [3.63, 3.8) is 0 Å². The predicted molar refractivity (Wildman–Crippen MR) is 73.8 cm³/mol. The summed E-state index contributed by atoms with van der Waals surface area (Å²) in [6.45, 7) is 1.95. The van der Waals surface area contributed by atoms with E-state index in [0.29, 0.717) is 17.8 Å². The van der Waals surface area contributed by atoms with Crippen LogP contribution in [0.4, 0.5) is 19.0 Å². The Labute approximate surface area is 120 Å². The van der Waals surface area contributed by atoms with Crippen molar-refractivity contribution < 1.29 is 13.2 Å². The number of hydrogen-bond donors (Lipinski definition) is 1. The maximum Gasteiger partial charge on any atom is 0.417 e. The second-order valence-electron chi connectivity index (χ2n) is 4.47. The molecule has 1 N–H and O–H groups in total. The lowest BCUT2D eigenvalue weighted by atomic mass is 10.00. The molecule has 2 heterocycles. The van der Waals surface area contributed by atoms with Crippen molar-refractivity contribution in [2.45, 2.75) is 25.9 Å². The minimum atomic E-state index is -4.45. The molecule has 0 unspecified atom stereocenters. The molecule has 0 radical (unpaired) electrons. The van der Waals surface area contributed by atoms with Crippen LogP contribution in [0.5, 0.6) is 0 Å². The summed E-state index contributed by atoms with van der Waals surface area (Å²) in [5, 5.41) is 2.90. The maximum atomic E-state index is 13.1. The number of hydrogen-bond acceptors (Lipinski definition) is 4. The highest BCUT2D eigenvalue weighted by Crippen LogP contribution is 2.37. The summed E-state index contributed by atoms with van der Waals surface area (Å²) >= 11 is 0. The van der Waals surface area contributed by atoms with Crippen LogP contribution in [0, 0.1) is 0 Å². The highest BCUT2D eigenvalue weighted by Gasteiger charge is 2.34. The maximum absolute atomic E-state index is 13.1. The summed E-state index contributed by atoms with van der Waals surface area (Å²) in [5.41, 5.74) is 0.181. The van der Waals surface area contributed by atoms with Gasteiger partial charge in [0.05, 0.1) is 11.3 Å². The molecule has 0 bridgehead atoms. The monoisotopic (exact) mass is 296 g/mol. The third-order valence-electron chi connectivity index (χ3n) is 3.06. The molecule has 0 atom stereocenters. The SMILES string of the molecule is CCCc1c(NC)ncnc1-c1cnccc1C(F)(F)F. The van der Waals surface area contributed by atoms with Crippen molar-refractivity contribution in [1.82, 2.24) is 15.0 Å². The molecular weight excluding hydrogens is 281 g/mol. The number of nitrogens with one attached hydrogen (secondary N) is 1. The predicted octanol–water partition coefficient (Wildman–Crippen LogP) is 3.55. The Kier molecular flexibility index (Phi) is 4.40. The average molecular weight is 296 g/mol. The summed E-state index contributed by atoms with van der Waals surface area (Å²) in [7, 11) is 1.68. The fraction of sp³-hybridized carbons (Fsp3) is 0.357. The Morgan fingerprint density at radius 3 is 2.62 bits per heavy atom. The highest BCUT2D eigenvalue weighted by molar-refractivity contribution is 5.70. The molecule has 0 aromatic carbocycles. The van der Waals surface area contributed by atoms with Gasteiger partial charge in [-0.25, -0.2) is 9.97 Å². The van der Waals surface area contributed by atoms with Crippen LogP contribution in [0.25, 0.3) is 11.3 Å². The molecule has 0 amide bonds. The van der Waals surface area contributed by atoms with Gasteiger partial charge in [-0.1, -0.05) is 13.3 Å². The van der Waals surface area contributed by atoms with E-state index in [0.717, 1.165) is 18.7 Å². The van der Waals surface area contributed by atoms with E-state index in [4.69, 9.17) is 0 Å². The topological polar surface area (TPSA) is 50.7 Å². The third-order valence-corrected chi connectivity index (χ3v) is 3.06. The Morgan fingerprint density at radius 1 is 1.24 bits per heavy atom. The van der Waals surface area contributed by atoms with Gasteiger partial charge in [-0.3, -0.25) is 4.98 Å². The van der Waals surface area contributed by atoms with Crippen LogP contribution in [0.15, 0.2) is 24.8 Å². The van der Waals surface area contributed by atoms with E-state index in [-0.39, 0.29) is 11.3 Å². The van der Waals surface area contributed by atoms with Gasteiger partial charge in [-0.15, -0.1) is 0 Å². The molecule has 0 saturated heterocycles. The first kappa shape index (κ1) is 15.2. The van der Waals surface area contributed by atoms with E-state index < -0.39 is 11.7 Å². The quantitative estimate of drug-likeness (QED) is 0.937. The number of anilines is 1. The van der Waals surface area contributed by atoms with E-state index in [1.807, 2.05) is 6.92 Å². The molecule has 2 aromatic rings. The van der Waals surface area contributed by atoms with Gasteiger partial charge in [-0.05, 0) is 12.5 Å². The standard InChI is InChI=1S/C14H15F3N4/c1-3-4-9-12(20-8-21-13(9)18-2)10-7-19-6-5-11(10)14(15,16)17/h5-8H,3-4H2,1-2H3,(H,18,20,21). The Bertz CT molecular complexity index is 626. The molecule has 2 rings (SSSR count). The van der Waals surface area contributed by atoms with Gasteiger partial charge in [0, 0.05) is 30.6 Å². The molecule has 2 aromatic heterocycles. The van der Waals surface area contributed by atoms with E-state index in [1.54, 1.807) is 7.05 Å². The summed E-state index contributed by atoms with van der Waals surface area (Å²) in [5.74, 6) is 0.541. The lowest BCUT2D eigenvalue weighted by Crippen LogP contribution is -2.10. The Morgan fingerprint density at radius 2 is 2.00 bits per heavy atom. The van der Waals surface area contributed by atoms with Gasteiger partial charge in [0.1, 0.15) is 12.1 Å². The van der Waals surface area contributed by atoms with Gasteiger partial charge in [0.15, 0.2) is 0 Å². The molecule has 7 heteroatoms. The normalized spacial score (nSPS) is 11.5. The van der Waals surface area contributed by atoms with Crippen LogP contribution in [-0.2, 0) is 12.6 Å². The lowest BCUT2D eigenvalue weighted by molar-refractivity contribution is -0.137. The number of aromatic nitrogens is 3. The van der Waals surface area contributed by atoms with Crippen molar-refractivity contribution in [3.8, 4) is 11.3 Å². The minimum Gasteiger partial charge on any atom is -0.373 e. The number of halogens is 3. The van der Waals surface area contributed by atoms with E-state index in [9.17, 15) is 13.2 Å². The zero-order valence-electron chi connectivity index (χ0n) is 11.7. The fourth-order valence-corrected chi connectivity index (χ4v) is 2.18. The smallest absolute Gasteiger partial charge is 0.373 e. The molecule has 0 spiro atoms. The molecule has 0 fully saturated rings. The molecular formula is C14H15F3N4. The van der Waals surface area contributed by atoms with Crippen molar-refractivity contribution in [2.24, 2.45) is 0 Å². The van der Waals surface area contributed by atoms with E-state index in [1.165, 1.54) is 12.5 Å². The molecule has 0 aliphatic carbocycles. The molecule has 0 aliphatic heterocycles. The molecule has 4 nitrogen and oxygen atoms in total. The lowest BCUT2D eigenvalue weighted by Gasteiger charge is -2.16. The fourth-order valence-electron chi connectivity index (χ4n) is 2.18. The van der Waals surface area contributed by atoms with Crippen molar-refractivity contribution in [3.05, 3.63) is 35.9 Å². The van der Waals surface area contributed by atoms with E-state index in [2.05, 4.69) is 20.3 Å². The van der Waals surface area contributed by atoms with Gasteiger partial charge in [0.2, 0.25) is 0 Å². The van der Waals surface area contributed by atoms with Crippen LogP contribution in [0.1, 0.15) is 24.5 Å². The number of nitrogens with zero attached hydrogens (tertiary/aromatic N) is 3. The van der Waals surface area contributed by atoms with Crippen LogP contribution in [0.3, 0.4) is 0 Å². The summed E-state index contributed by atoms with van der Waals surface area (Å²) in [6.07, 6.45) is 0.491. The second kappa shape index (κ2) is 6.07. The largest absolute Gasteiger partial charge is 0.417 e. The third kappa shape index (κ3) is 3.12. The first-order valence-electron chi connectivity index (χ1n) is 6.52. The molecule has 0 saturated carbocycles. The van der Waals surface area contributed by atoms with Crippen LogP contribution in [-0.4, -0.2) is 22.0 Å². The van der Waals surface area contributed by atoms with Crippen LogP contribution in [0.2, 0.25) is 0 Å². The van der Waals surface area contributed by atoms with Crippen LogP contribution < -0.4 is 5.32 Å². The number of pyridine rings is 1. The van der Waals surface area contributed by atoms with Gasteiger partial charge in [0.25, 0.3) is 0 Å². The van der Waals surface area contributed by atoms with Crippen LogP contribution >= 0.6 is 0 Å². The Hall–Kier alpha value is -2.18. The molecule has 21 heavy (non-hydrogen) atoms. The van der Waals surface area contributed by atoms with E-state index >= 15 is 0 Å². The number of alkyl halides is 3. The average Bonchev–Trinajstić information content (AvgIpc) is 2.47. The summed E-state index contributed by atoms with van der Waals surface area (Å²) < 4.78 is 39.4.